The number of ether oxygens (including phenoxy) is 1. The number of hydrogen-bond donors (Lipinski definition) is 3. The molecule has 38 heavy (non-hydrogen) atoms. The summed E-state index contributed by atoms with van der Waals surface area (Å²) in [6.07, 6.45) is 1.14. The molecule has 0 saturated heterocycles. The molecule has 0 radical (unpaired) electrons. The molecule has 0 bridgehead atoms. The lowest BCUT2D eigenvalue weighted by atomic mass is 10.1. The lowest BCUT2D eigenvalue weighted by Gasteiger charge is -2.19. The first-order valence-electron chi connectivity index (χ1n) is 11.8. The Hall–Kier alpha value is -3.41. The fourth-order valence-corrected chi connectivity index (χ4v) is 4.48. The zero-order valence-electron chi connectivity index (χ0n) is 21.0. The Morgan fingerprint density at radius 3 is 2.50 bits per heavy atom. The number of anilines is 1. The van der Waals surface area contributed by atoms with E-state index in [9.17, 15) is 9.59 Å². The van der Waals surface area contributed by atoms with Gasteiger partial charge in [0.1, 0.15) is 5.60 Å². The van der Waals surface area contributed by atoms with Gasteiger partial charge >= 0.3 is 6.09 Å². The van der Waals surface area contributed by atoms with E-state index in [1.807, 2.05) is 12.1 Å². The fourth-order valence-electron chi connectivity index (χ4n) is 3.59. The molecular formula is C25H27Cl2N7O3S. The molecule has 10 nitrogen and oxygen atoms in total. The summed E-state index contributed by atoms with van der Waals surface area (Å²) < 4.78 is 10.8. The molecule has 0 aliphatic carbocycles. The monoisotopic (exact) mass is 575 g/mol. The Bertz CT molecular complexity index is 1420. The number of alkyl carbamates (subject to hydrolysis) is 1. The van der Waals surface area contributed by atoms with E-state index in [4.69, 9.17) is 27.9 Å². The molecule has 0 unspecified atom stereocenters. The van der Waals surface area contributed by atoms with Gasteiger partial charge in [-0.25, -0.2) is 4.79 Å². The van der Waals surface area contributed by atoms with Crippen molar-refractivity contribution in [3.05, 3.63) is 68.8 Å². The summed E-state index contributed by atoms with van der Waals surface area (Å²) in [5.41, 5.74) is 1.75. The van der Waals surface area contributed by atoms with Gasteiger partial charge in [-0.3, -0.25) is 9.48 Å². The highest BCUT2D eigenvalue weighted by Crippen LogP contribution is 2.33. The van der Waals surface area contributed by atoms with Gasteiger partial charge in [0, 0.05) is 23.5 Å². The Balaban J connectivity index is 1.57. The van der Waals surface area contributed by atoms with Gasteiger partial charge < -0.3 is 20.7 Å². The largest absolute Gasteiger partial charge is 0.444 e. The topological polar surface area (TPSA) is 123 Å². The van der Waals surface area contributed by atoms with Crippen LogP contribution in [0.4, 0.5) is 10.5 Å². The van der Waals surface area contributed by atoms with Crippen LogP contribution in [0.15, 0.2) is 42.6 Å². The number of fused-ring (bicyclic) bond motifs is 1. The lowest BCUT2D eigenvalue weighted by Crippen LogP contribution is -2.34. The Morgan fingerprint density at radius 1 is 1.05 bits per heavy atom. The molecule has 2 heterocycles. The van der Waals surface area contributed by atoms with Crippen LogP contribution in [0, 0.1) is 0 Å². The van der Waals surface area contributed by atoms with Crippen LogP contribution in [0.5, 0.6) is 0 Å². The van der Waals surface area contributed by atoms with E-state index < -0.39 is 11.7 Å². The molecule has 13 heteroatoms. The van der Waals surface area contributed by atoms with Crippen LogP contribution in [0.25, 0.3) is 10.9 Å². The number of carbonyl (C=O) groups excluding carboxylic acids is 2. The molecule has 0 saturated carbocycles. The smallest absolute Gasteiger partial charge is 0.407 e. The number of hydrogen-bond acceptors (Lipinski definition) is 8. The second-order valence-electron chi connectivity index (χ2n) is 9.37. The molecule has 0 spiro atoms. The number of benzene rings is 2. The highest BCUT2D eigenvalue weighted by molar-refractivity contribution is 7.05. The highest BCUT2D eigenvalue weighted by atomic mass is 35.5. The molecule has 0 aliphatic rings. The van der Waals surface area contributed by atoms with Crippen molar-refractivity contribution in [2.45, 2.75) is 46.0 Å². The zero-order chi connectivity index (χ0) is 27.3. The van der Waals surface area contributed by atoms with Crippen molar-refractivity contribution < 1.29 is 14.3 Å². The molecule has 0 fully saturated rings. The number of halogens is 2. The maximum atomic E-state index is 13.2. The summed E-state index contributed by atoms with van der Waals surface area (Å²) in [4.78, 5) is 26.2. The summed E-state index contributed by atoms with van der Waals surface area (Å²) in [6, 6.07) is 10.8. The lowest BCUT2D eigenvalue weighted by molar-refractivity contribution is 0.0525. The summed E-state index contributed by atoms with van der Waals surface area (Å²) in [7, 11) is 0. The van der Waals surface area contributed by atoms with Gasteiger partial charge in [0.05, 0.1) is 40.4 Å². The molecule has 0 atom stereocenters. The number of amides is 2. The van der Waals surface area contributed by atoms with Crippen molar-refractivity contribution in [1.29, 1.82) is 0 Å². The fraction of sp³-hybridized carbons (Fsp3) is 0.320. The van der Waals surface area contributed by atoms with Crippen LogP contribution in [0.3, 0.4) is 0 Å². The third-order valence-corrected chi connectivity index (χ3v) is 6.58. The van der Waals surface area contributed by atoms with Gasteiger partial charge in [0.25, 0.3) is 5.91 Å². The first-order valence-corrected chi connectivity index (χ1v) is 13.3. The first kappa shape index (κ1) is 27.6. The summed E-state index contributed by atoms with van der Waals surface area (Å²) in [5.74, 6) is -0.351. The first-order chi connectivity index (χ1) is 18.1. The number of nitrogens with zero attached hydrogens (tertiary/aromatic N) is 4. The number of aromatic nitrogens is 4. The van der Waals surface area contributed by atoms with Crippen LogP contribution in [0.1, 0.15) is 41.7 Å². The van der Waals surface area contributed by atoms with E-state index in [-0.39, 0.29) is 24.7 Å². The van der Waals surface area contributed by atoms with E-state index >= 15 is 0 Å². The van der Waals surface area contributed by atoms with Crippen molar-refractivity contribution in [3.63, 3.8) is 0 Å². The predicted octanol–water partition coefficient (Wildman–Crippen LogP) is 5.26. The van der Waals surface area contributed by atoms with E-state index in [0.29, 0.717) is 39.7 Å². The Morgan fingerprint density at radius 2 is 1.82 bits per heavy atom. The SMILES string of the molecule is CC(C)(C)OC(=O)NCCn1nc(C(=O)NCc2ccc(Cl)cc2)c2ccc(NCc3cnns3)c(Cl)c21. The van der Waals surface area contributed by atoms with Gasteiger partial charge in [-0.05, 0) is 62.1 Å². The summed E-state index contributed by atoms with van der Waals surface area (Å²) in [5, 5.41) is 18.9. The Labute approximate surface area is 233 Å². The van der Waals surface area contributed by atoms with Crippen LogP contribution < -0.4 is 16.0 Å². The minimum atomic E-state index is -0.616. The van der Waals surface area contributed by atoms with Gasteiger partial charge in [-0.15, -0.1) is 5.10 Å². The maximum Gasteiger partial charge on any atom is 0.407 e. The van der Waals surface area contributed by atoms with Crippen molar-refractivity contribution in [3.8, 4) is 0 Å². The minimum Gasteiger partial charge on any atom is -0.444 e. The quantitative estimate of drug-likeness (QED) is 0.248. The van der Waals surface area contributed by atoms with Crippen molar-refractivity contribution in [2.24, 2.45) is 0 Å². The standard InChI is InChI=1S/C25H27Cl2N7O3S/c1-25(2,3)37-24(36)28-10-11-34-22-18(8-9-19(20(22)27)29-13-17-14-31-33-38-17)21(32-34)23(35)30-12-15-4-6-16(26)7-5-15/h4-9,14,29H,10-13H2,1-3H3,(H,28,36)(H,30,35). The highest BCUT2D eigenvalue weighted by Gasteiger charge is 2.22. The van der Waals surface area contributed by atoms with Crippen LogP contribution in [0.2, 0.25) is 10.0 Å². The van der Waals surface area contributed by atoms with Crippen molar-refractivity contribution >= 4 is 63.3 Å². The minimum absolute atomic E-state index is 0.220. The van der Waals surface area contributed by atoms with Gasteiger partial charge in [0.2, 0.25) is 0 Å². The van der Waals surface area contributed by atoms with E-state index in [2.05, 4.69) is 30.6 Å². The second-order valence-corrected chi connectivity index (χ2v) is 11.1. The summed E-state index contributed by atoms with van der Waals surface area (Å²) >= 11 is 14.1. The third kappa shape index (κ3) is 7.12. The molecule has 4 rings (SSSR count). The average molecular weight is 577 g/mol. The third-order valence-electron chi connectivity index (χ3n) is 5.28. The van der Waals surface area contributed by atoms with E-state index in [1.54, 1.807) is 55.9 Å². The van der Waals surface area contributed by atoms with Crippen molar-refractivity contribution in [1.82, 2.24) is 30.0 Å². The van der Waals surface area contributed by atoms with Crippen LogP contribution >= 0.6 is 34.7 Å². The van der Waals surface area contributed by atoms with E-state index in [1.165, 1.54) is 11.5 Å². The molecule has 2 amide bonds. The van der Waals surface area contributed by atoms with Gasteiger partial charge in [0.15, 0.2) is 5.69 Å². The molecule has 200 valence electrons. The number of rotatable bonds is 9. The average Bonchev–Trinajstić information content (AvgIpc) is 3.50. The molecule has 2 aromatic carbocycles. The molecule has 0 aliphatic heterocycles. The van der Waals surface area contributed by atoms with Crippen LogP contribution in [-0.4, -0.2) is 43.5 Å². The molecule has 3 N–H and O–H groups in total. The predicted molar refractivity (Wildman–Crippen MR) is 149 cm³/mol. The number of nitrogens with one attached hydrogen (secondary N) is 3. The molecule has 4 aromatic rings. The molecule has 2 aromatic heterocycles. The van der Waals surface area contributed by atoms with Gasteiger partial charge in [-0.2, -0.15) is 5.10 Å². The van der Waals surface area contributed by atoms with Crippen molar-refractivity contribution in [2.75, 3.05) is 11.9 Å². The zero-order valence-corrected chi connectivity index (χ0v) is 23.4. The second kappa shape index (κ2) is 12.0. The van der Waals surface area contributed by atoms with E-state index in [0.717, 1.165) is 10.4 Å². The number of carbonyl (C=O) groups is 2. The Kier molecular flexibility index (Phi) is 8.70. The molecular weight excluding hydrogens is 549 g/mol. The van der Waals surface area contributed by atoms with Crippen LogP contribution in [-0.2, 0) is 24.4 Å². The maximum absolute atomic E-state index is 13.2. The normalized spacial score (nSPS) is 11.4. The van der Waals surface area contributed by atoms with Gasteiger partial charge in [-0.1, -0.05) is 39.8 Å². The summed E-state index contributed by atoms with van der Waals surface area (Å²) in [6.45, 7) is 6.66.